The van der Waals surface area contributed by atoms with Gasteiger partial charge in [-0.05, 0) is 50.7 Å². The van der Waals surface area contributed by atoms with Crippen LogP contribution in [0.15, 0.2) is 24.3 Å². The van der Waals surface area contributed by atoms with Crippen LogP contribution in [0.5, 0.6) is 0 Å². The molecule has 0 amide bonds. The quantitative estimate of drug-likeness (QED) is 0.522. The van der Waals surface area contributed by atoms with E-state index in [9.17, 15) is 0 Å². The summed E-state index contributed by atoms with van der Waals surface area (Å²) in [5.41, 5.74) is 2.81. The summed E-state index contributed by atoms with van der Waals surface area (Å²) >= 11 is 0. The number of nitrogens with zero attached hydrogens (tertiary/aromatic N) is 3. The molecule has 1 aromatic rings. The van der Waals surface area contributed by atoms with Crippen molar-refractivity contribution in [3.05, 3.63) is 29.8 Å². The number of rotatable bonds is 11. The van der Waals surface area contributed by atoms with Gasteiger partial charge < -0.3 is 14.7 Å². The van der Waals surface area contributed by atoms with Crippen molar-refractivity contribution in [1.29, 1.82) is 0 Å². The second-order valence-electron chi connectivity index (χ2n) is 8.44. The van der Waals surface area contributed by atoms with E-state index in [4.69, 9.17) is 0 Å². The minimum absolute atomic E-state index is 0.905. The second-order valence-corrected chi connectivity index (χ2v) is 8.44. The molecule has 1 heterocycles. The van der Waals surface area contributed by atoms with Crippen LogP contribution in [0.1, 0.15) is 57.9 Å². The number of anilines is 1. The van der Waals surface area contributed by atoms with Crippen LogP contribution in [0.4, 0.5) is 5.69 Å². The standard InChI is InChI=1S/C23H41N3/c1-5-6-9-21(2)10-7-8-15-25(4)20-22-11-13-23(14-12-22)26-18-16-24(3)17-19-26/h11-14,21H,5-10,15-20H2,1-4H3. The molecule has 0 spiro atoms. The molecule has 3 nitrogen and oxygen atoms in total. The largest absolute Gasteiger partial charge is 0.369 e. The van der Waals surface area contributed by atoms with Crippen molar-refractivity contribution in [3.8, 4) is 0 Å². The number of hydrogen-bond acceptors (Lipinski definition) is 3. The lowest BCUT2D eigenvalue weighted by Gasteiger charge is -2.34. The molecule has 1 saturated heterocycles. The zero-order chi connectivity index (χ0) is 18.8. The fourth-order valence-electron chi connectivity index (χ4n) is 3.84. The Morgan fingerprint density at radius 3 is 2.27 bits per heavy atom. The Morgan fingerprint density at radius 1 is 0.962 bits per heavy atom. The maximum atomic E-state index is 2.51. The predicted molar refractivity (Wildman–Crippen MR) is 115 cm³/mol. The molecule has 1 aliphatic heterocycles. The highest BCUT2D eigenvalue weighted by Gasteiger charge is 2.14. The molecule has 1 fully saturated rings. The third kappa shape index (κ3) is 7.67. The first-order chi connectivity index (χ1) is 12.6. The van der Waals surface area contributed by atoms with Crippen LogP contribution < -0.4 is 4.90 Å². The van der Waals surface area contributed by atoms with E-state index < -0.39 is 0 Å². The topological polar surface area (TPSA) is 9.72 Å². The first kappa shape index (κ1) is 21.2. The Labute approximate surface area is 162 Å². The van der Waals surface area contributed by atoms with E-state index in [1.54, 1.807) is 0 Å². The minimum atomic E-state index is 0.905. The Bertz CT molecular complexity index is 477. The summed E-state index contributed by atoms with van der Waals surface area (Å²) in [6.45, 7) is 11.6. The predicted octanol–water partition coefficient (Wildman–Crippen LogP) is 4.87. The molecule has 0 aliphatic carbocycles. The van der Waals surface area contributed by atoms with Crippen LogP contribution in [0.2, 0.25) is 0 Å². The molecule has 1 atom stereocenters. The van der Waals surface area contributed by atoms with E-state index in [1.165, 1.54) is 69.4 Å². The summed E-state index contributed by atoms with van der Waals surface area (Å²) in [5, 5.41) is 0. The Morgan fingerprint density at radius 2 is 1.62 bits per heavy atom. The van der Waals surface area contributed by atoms with Gasteiger partial charge in [-0.3, -0.25) is 0 Å². The summed E-state index contributed by atoms with van der Waals surface area (Å²) in [6, 6.07) is 9.25. The Hall–Kier alpha value is -1.06. The summed E-state index contributed by atoms with van der Waals surface area (Å²) < 4.78 is 0. The van der Waals surface area contributed by atoms with Gasteiger partial charge >= 0.3 is 0 Å². The van der Waals surface area contributed by atoms with Crippen molar-refractivity contribution in [3.63, 3.8) is 0 Å². The van der Waals surface area contributed by atoms with Gasteiger partial charge in [0.05, 0.1) is 0 Å². The first-order valence-electron chi connectivity index (χ1n) is 10.8. The van der Waals surface area contributed by atoms with Crippen molar-refractivity contribution >= 4 is 5.69 Å². The van der Waals surface area contributed by atoms with Crippen LogP contribution in [0.25, 0.3) is 0 Å². The molecule has 0 radical (unpaired) electrons. The minimum Gasteiger partial charge on any atom is -0.369 e. The summed E-state index contributed by atoms with van der Waals surface area (Å²) in [7, 11) is 4.47. The normalized spacial score (nSPS) is 17.0. The maximum Gasteiger partial charge on any atom is 0.0367 e. The van der Waals surface area contributed by atoms with Gasteiger partial charge in [-0.15, -0.1) is 0 Å². The Kier molecular flexibility index (Phi) is 9.49. The van der Waals surface area contributed by atoms with Crippen LogP contribution in [-0.4, -0.2) is 56.6 Å². The van der Waals surface area contributed by atoms with Gasteiger partial charge in [0, 0.05) is 38.4 Å². The fourth-order valence-corrected chi connectivity index (χ4v) is 3.84. The van der Waals surface area contributed by atoms with Crippen LogP contribution in [0.3, 0.4) is 0 Å². The van der Waals surface area contributed by atoms with Gasteiger partial charge in [0.15, 0.2) is 0 Å². The smallest absolute Gasteiger partial charge is 0.0367 e. The number of likely N-dealkylation sites (N-methyl/N-ethyl adjacent to an activating group) is 1. The first-order valence-corrected chi connectivity index (χ1v) is 10.8. The van der Waals surface area contributed by atoms with Crippen molar-refractivity contribution in [1.82, 2.24) is 9.80 Å². The van der Waals surface area contributed by atoms with Gasteiger partial charge in [-0.1, -0.05) is 58.1 Å². The summed E-state index contributed by atoms with van der Waals surface area (Å²) in [6.07, 6.45) is 8.23. The second kappa shape index (κ2) is 11.6. The zero-order valence-corrected chi connectivity index (χ0v) is 17.7. The van der Waals surface area contributed by atoms with Crippen molar-refractivity contribution in [2.75, 3.05) is 51.7 Å². The van der Waals surface area contributed by atoms with E-state index in [0.29, 0.717) is 0 Å². The SMILES string of the molecule is CCCCC(C)CCCCN(C)Cc1ccc(N2CCN(C)CC2)cc1. The molecule has 26 heavy (non-hydrogen) atoms. The van der Waals surface area contributed by atoms with E-state index in [2.05, 4.69) is 66.9 Å². The molecule has 148 valence electrons. The van der Waals surface area contributed by atoms with Crippen molar-refractivity contribution in [2.45, 2.75) is 58.9 Å². The highest BCUT2D eigenvalue weighted by atomic mass is 15.2. The van der Waals surface area contributed by atoms with Gasteiger partial charge in [0.1, 0.15) is 0 Å². The van der Waals surface area contributed by atoms with Crippen molar-refractivity contribution in [2.24, 2.45) is 5.92 Å². The zero-order valence-electron chi connectivity index (χ0n) is 17.7. The molecule has 1 aliphatic rings. The average Bonchev–Trinajstić information content (AvgIpc) is 2.65. The molecule has 2 rings (SSSR count). The third-order valence-electron chi connectivity index (χ3n) is 5.79. The number of benzene rings is 1. The van der Waals surface area contributed by atoms with E-state index in [0.717, 1.165) is 25.6 Å². The molecule has 0 aromatic heterocycles. The Balaban J connectivity index is 1.65. The van der Waals surface area contributed by atoms with E-state index in [-0.39, 0.29) is 0 Å². The van der Waals surface area contributed by atoms with Gasteiger partial charge in [0.25, 0.3) is 0 Å². The summed E-state index contributed by atoms with van der Waals surface area (Å²) in [4.78, 5) is 7.39. The van der Waals surface area contributed by atoms with Gasteiger partial charge in [0.2, 0.25) is 0 Å². The number of unbranched alkanes of at least 4 members (excludes halogenated alkanes) is 2. The molecule has 1 aromatic carbocycles. The highest BCUT2D eigenvalue weighted by Crippen LogP contribution is 2.18. The van der Waals surface area contributed by atoms with Crippen LogP contribution in [0, 0.1) is 5.92 Å². The fraction of sp³-hybridized carbons (Fsp3) is 0.739. The molecule has 1 unspecified atom stereocenters. The molecule has 0 N–H and O–H groups in total. The number of hydrogen-bond donors (Lipinski definition) is 0. The molecular formula is C23H41N3. The van der Waals surface area contributed by atoms with Crippen LogP contribution >= 0.6 is 0 Å². The van der Waals surface area contributed by atoms with Gasteiger partial charge in [-0.2, -0.15) is 0 Å². The van der Waals surface area contributed by atoms with Crippen molar-refractivity contribution < 1.29 is 0 Å². The lowest BCUT2D eigenvalue weighted by atomic mass is 9.98. The van der Waals surface area contributed by atoms with E-state index in [1.807, 2.05) is 0 Å². The third-order valence-corrected chi connectivity index (χ3v) is 5.79. The maximum absolute atomic E-state index is 2.51. The lowest BCUT2D eigenvalue weighted by Crippen LogP contribution is -2.44. The monoisotopic (exact) mass is 359 g/mol. The molecule has 3 heteroatoms. The average molecular weight is 360 g/mol. The molecule has 0 bridgehead atoms. The highest BCUT2D eigenvalue weighted by molar-refractivity contribution is 5.48. The van der Waals surface area contributed by atoms with Crippen LogP contribution in [-0.2, 0) is 6.54 Å². The lowest BCUT2D eigenvalue weighted by molar-refractivity contribution is 0.310. The van der Waals surface area contributed by atoms with E-state index >= 15 is 0 Å². The number of piperazine rings is 1. The molecule has 0 saturated carbocycles. The van der Waals surface area contributed by atoms with Gasteiger partial charge in [-0.25, -0.2) is 0 Å². The molecular weight excluding hydrogens is 318 g/mol. The summed E-state index contributed by atoms with van der Waals surface area (Å²) in [5.74, 6) is 0.905.